The molecule has 2 unspecified atom stereocenters. The summed E-state index contributed by atoms with van der Waals surface area (Å²) in [5.74, 6) is -1.80. The molecule has 1 rings (SSSR count). The lowest BCUT2D eigenvalue weighted by Crippen LogP contribution is -2.05. The van der Waals surface area contributed by atoms with Gasteiger partial charge in [-0.1, -0.05) is 26.8 Å². The molecular formula is C12H17BrO4. The van der Waals surface area contributed by atoms with Gasteiger partial charge >= 0.3 is 11.9 Å². The van der Waals surface area contributed by atoms with E-state index in [0.29, 0.717) is 11.1 Å². The molecule has 0 aliphatic heterocycles. The van der Waals surface area contributed by atoms with Crippen LogP contribution in [0.5, 0.6) is 0 Å². The molecule has 0 amide bonds. The van der Waals surface area contributed by atoms with Crippen LogP contribution in [0.2, 0.25) is 0 Å². The van der Waals surface area contributed by atoms with Gasteiger partial charge in [0.2, 0.25) is 0 Å². The Hall–Kier alpha value is -0.840. The molecule has 0 radical (unpaired) electrons. The minimum atomic E-state index is -0.821. The number of hydrogen-bond acceptors (Lipinski definition) is 3. The van der Waals surface area contributed by atoms with Gasteiger partial charge in [0.1, 0.15) is 0 Å². The zero-order valence-electron chi connectivity index (χ0n) is 10.2. The molecule has 5 heteroatoms. The maximum Gasteiger partial charge on any atom is 0.344 e. The molecule has 0 saturated heterocycles. The molecular weight excluding hydrogens is 288 g/mol. The minimum absolute atomic E-state index is 0.122. The summed E-state index contributed by atoms with van der Waals surface area (Å²) < 4.78 is 5.26. The molecule has 2 atom stereocenters. The zero-order valence-corrected chi connectivity index (χ0v) is 11.8. The third-order valence-electron chi connectivity index (χ3n) is 3.13. The van der Waals surface area contributed by atoms with Gasteiger partial charge in [0.25, 0.3) is 0 Å². The van der Waals surface area contributed by atoms with Gasteiger partial charge in [-0.3, -0.25) is 4.79 Å². The summed E-state index contributed by atoms with van der Waals surface area (Å²) in [5, 5.41) is 8.99. The summed E-state index contributed by atoms with van der Waals surface area (Å²) in [4.78, 5) is 22.4. The van der Waals surface area contributed by atoms with E-state index in [2.05, 4.69) is 15.9 Å². The van der Waals surface area contributed by atoms with E-state index in [1.807, 2.05) is 20.8 Å². The third-order valence-corrected chi connectivity index (χ3v) is 3.72. The van der Waals surface area contributed by atoms with Crippen LogP contribution in [0.15, 0.2) is 10.6 Å². The van der Waals surface area contributed by atoms with Gasteiger partial charge in [-0.25, -0.2) is 4.79 Å². The maximum atomic E-state index is 11.5. The number of carboxylic acids is 1. The molecule has 1 saturated carbocycles. The van der Waals surface area contributed by atoms with Crippen LogP contribution >= 0.6 is 15.9 Å². The topological polar surface area (TPSA) is 63.6 Å². The Morgan fingerprint density at radius 3 is 2.47 bits per heavy atom. The molecule has 17 heavy (non-hydrogen) atoms. The monoisotopic (exact) mass is 304 g/mol. The summed E-state index contributed by atoms with van der Waals surface area (Å²) in [6.07, 6.45) is 2.41. The van der Waals surface area contributed by atoms with Crippen LogP contribution in [0.1, 0.15) is 27.2 Å². The molecule has 1 aliphatic rings. The molecule has 1 N–H and O–H groups in total. The second kappa shape index (κ2) is 5.21. The van der Waals surface area contributed by atoms with Crippen molar-refractivity contribution >= 4 is 27.9 Å². The van der Waals surface area contributed by atoms with Crippen LogP contribution in [-0.2, 0) is 14.3 Å². The molecule has 4 nitrogen and oxygen atoms in total. The van der Waals surface area contributed by atoms with E-state index in [0.717, 1.165) is 6.42 Å². The fraction of sp³-hybridized carbons (Fsp3) is 0.667. The highest BCUT2D eigenvalue weighted by molar-refractivity contribution is 9.12. The van der Waals surface area contributed by atoms with Crippen molar-refractivity contribution in [3.05, 3.63) is 10.6 Å². The van der Waals surface area contributed by atoms with Crippen LogP contribution in [0.25, 0.3) is 0 Å². The van der Waals surface area contributed by atoms with Crippen molar-refractivity contribution in [2.24, 2.45) is 17.3 Å². The van der Waals surface area contributed by atoms with E-state index in [4.69, 9.17) is 9.84 Å². The number of allylic oxidation sites excluding steroid dienone is 1. The van der Waals surface area contributed by atoms with Crippen LogP contribution in [0.4, 0.5) is 0 Å². The average molecular weight is 305 g/mol. The fourth-order valence-electron chi connectivity index (χ4n) is 1.95. The van der Waals surface area contributed by atoms with Crippen molar-refractivity contribution in [2.75, 3.05) is 6.61 Å². The van der Waals surface area contributed by atoms with Gasteiger partial charge < -0.3 is 9.84 Å². The predicted octanol–water partition coefficient (Wildman–Crippen LogP) is 2.58. The van der Waals surface area contributed by atoms with E-state index in [1.54, 1.807) is 6.08 Å². The maximum absolute atomic E-state index is 11.5. The molecule has 0 heterocycles. The van der Waals surface area contributed by atoms with Crippen LogP contribution in [-0.4, -0.2) is 23.7 Å². The van der Waals surface area contributed by atoms with Gasteiger partial charge in [-0.15, -0.1) is 0 Å². The Labute approximate surface area is 109 Å². The summed E-state index contributed by atoms with van der Waals surface area (Å²) in [5.41, 5.74) is -0.296. The standard InChI is InChI=1S/C12H17BrO4/c1-4-5-17-11(16)8(13)6-7-9(10(14)15)12(7,2)3/h6-7,9H,4-5H2,1-3H3,(H,14,15)/b8-6-. The Balaban J connectivity index is 2.65. The first-order chi connectivity index (χ1) is 7.82. The number of halogens is 1. The predicted molar refractivity (Wildman–Crippen MR) is 66.7 cm³/mol. The second-order valence-electron chi connectivity index (χ2n) is 4.81. The number of hydrogen-bond donors (Lipinski definition) is 1. The largest absolute Gasteiger partial charge is 0.481 e. The quantitative estimate of drug-likeness (QED) is 0.626. The highest BCUT2D eigenvalue weighted by Crippen LogP contribution is 2.59. The lowest BCUT2D eigenvalue weighted by atomic mass is 10.1. The third kappa shape index (κ3) is 3.09. The number of ether oxygens (including phenoxy) is 1. The first-order valence-corrected chi connectivity index (χ1v) is 6.39. The Bertz CT molecular complexity index is 360. The highest BCUT2D eigenvalue weighted by atomic mass is 79.9. The Kier molecular flexibility index (Phi) is 4.36. The SMILES string of the molecule is CCCOC(=O)/C(Br)=C/C1C(C(=O)O)C1(C)C. The lowest BCUT2D eigenvalue weighted by molar-refractivity contribution is -0.140. The molecule has 96 valence electrons. The van der Waals surface area contributed by atoms with Crippen molar-refractivity contribution in [3.8, 4) is 0 Å². The van der Waals surface area contributed by atoms with Gasteiger partial charge in [0.05, 0.1) is 17.0 Å². The van der Waals surface area contributed by atoms with E-state index < -0.39 is 17.9 Å². The Morgan fingerprint density at radius 1 is 1.47 bits per heavy atom. The summed E-state index contributed by atoms with van der Waals surface area (Å²) >= 11 is 3.14. The van der Waals surface area contributed by atoms with Crippen molar-refractivity contribution in [3.63, 3.8) is 0 Å². The second-order valence-corrected chi connectivity index (χ2v) is 5.67. The van der Waals surface area contributed by atoms with Gasteiger partial charge in [-0.05, 0) is 33.7 Å². The van der Waals surface area contributed by atoms with Crippen molar-refractivity contribution in [1.29, 1.82) is 0 Å². The smallest absolute Gasteiger partial charge is 0.344 e. The molecule has 1 fully saturated rings. The van der Waals surface area contributed by atoms with E-state index in [-0.39, 0.29) is 11.3 Å². The number of aliphatic carboxylic acids is 1. The molecule has 0 aromatic rings. The molecule has 0 bridgehead atoms. The van der Waals surface area contributed by atoms with Gasteiger partial charge in [-0.2, -0.15) is 0 Å². The van der Waals surface area contributed by atoms with Gasteiger partial charge in [0.15, 0.2) is 0 Å². The van der Waals surface area contributed by atoms with Crippen LogP contribution < -0.4 is 0 Å². The van der Waals surface area contributed by atoms with Crippen molar-refractivity contribution in [1.82, 2.24) is 0 Å². The zero-order chi connectivity index (χ0) is 13.2. The lowest BCUT2D eigenvalue weighted by Gasteiger charge is -2.02. The van der Waals surface area contributed by atoms with Crippen molar-refractivity contribution < 1.29 is 19.4 Å². The normalized spacial score (nSPS) is 26.5. The summed E-state index contributed by atoms with van der Waals surface area (Å²) in [6.45, 7) is 6.04. The first-order valence-electron chi connectivity index (χ1n) is 5.59. The average Bonchev–Trinajstić information content (AvgIpc) is 2.76. The number of carbonyl (C=O) groups excluding carboxylic acids is 1. The van der Waals surface area contributed by atoms with E-state index in [1.165, 1.54) is 0 Å². The number of esters is 1. The Morgan fingerprint density at radius 2 is 2.06 bits per heavy atom. The fourth-order valence-corrected chi connectivity index (χ4v) is 2.35. The molecule has 1 aliphatic carbocycles. The van der Waals surface area contributed by atoms with Crippen LogP contribution in [0.3, 0.4) is 0 Å². The molecule has 0 spiro atoms. The number of carboxylic acid groups (broad SMARTS) is 1. The number of carbonyl (C=O) groups is 2. The number of rotatable bonds is 5. The van der Waals surface area contributed by atoms with E-state index >= 15 is 0 Å². The van der Waals surface area contributed by atoms with E-state index in [9.17, 15) is 9.59 Å². The minimum Gasteiger partial charge on any atom is -0.481 e. The van der Waals surface area contributed by atoms with Crippen molar-refractivity contribution in [2.45, 2.75) is 27.2 Å². The van der Waals surface area contributed by atoms with Crippen LogP contribution in [0, 0.1) is 17.3 Å². The first kappa shape index (κ1) is 14.2. The summed E-state index contributed by atoms with van der Waals surface area (Å²) in [7, 11) is 0. The highest BCUT2D eigenvalue weighted by Gasteiger charge is 2.61. The molecule has 0 aromatic heterocycles. The van der Waals surface area contributed by atoms with Gasteiger partial charge in [0, 0.05) is 0 Å². The summed E-state index contributed by atoms with van der Waals surface area (Å²) in [6, 6.07) is 0. The molecule has 0 aromatic carbocycles.